The Morgan fingerprint density at radius 1 is 1.45 bits per heavy atom. The zero-order valence-corrected chi connectivity index (χ0v) is 14.7. The molecule has 0 radical (unpaired) electrons. The van der Waals surface area contributed by atoms with Crippen molar-refractivity contribution in [3.63, 3.8) is 0 Å². The summed E-state index contributed by atoms with van der Waals surface area (Å²) in [5, 5.41) is 13.7. The second-order valence-corrected chi connectivity index (χ2v) is 6.53. The second kappa shape index (κ2) is 7.43. The topological polar surface area (TPSA) is 90.7 Å². The summed E-state index contributed by atoms with van der Waals surface area (Å²) in [6, 6.07) is 2.62. The quantitative estimate of drug-likeness (QED) is 0.340. The molecule has 0 aliphatic rings. The molecule has 0 aromatic heterocycles. The molecule has 7 nitrogen and oxygen atoms in total. The van der Waals surface area contributed by atoms with Crippen molar-refractivity contribution in [2.75, 3.05) is 6.61 Å². The highest BCUT2D eigenvalue weighted by molar-refractivity contribution is 14.1. The van der Waals surface area contributed by atoms with E-state index in [1.54, 1.807) is 26.8 Å². The van der Waals surface area contributed by atoms with Crippen molar-refractivity contribution < 1.29 is 19.2 Å². The Balaban J connectivity index is 3.11. The first kappa shape index (κ1) is 18.2. The van der Waals surface area contributed by atoms with E-state index in [1.807, 2.05) is 22.6 Å². The molecule has 0 fully saturated rings. The smallest absolute Gasteiger partial charge is 0.413 e. The number of nitrogens with zero attached hydrogens (tertiary/aromatic N) is 1. The number of nitro benzene ring substituents is 1. The zero-order chi connectivity index (χ0) is 16.9. The number of halogens is 1. The molecule has 0 heterocycles. The summed E-state index contributed by atoms with van der Waals surface area (Å²) in [6.07, 6.45) is 0.774. The minimum Gasteiger partial charge on any atom is -0.488 e. The fourth-order valence-corrected chi connectivity index (χ4v) is 2.05. The number of benzene rings is 1. The molecular weight excluding hydrogens is 403 g/mol. The minimum atomic E-state index is -0.772. The van der Waals surface area contributed by atoms with Crippen molar-refractivity contribution in [3.8, 4) is 11.5 Å². The van der Waals surface area contributed by atoms with E-state index in [1.165, 1.54) is 12.1 Å². The Hall–Kier alpha value is -1.84. The molecule has 120 valence electrons. The molecule has 0 spiro atoms. The summed E-state index contributed by atoms with van der Waals surface area (Å²) in [7, 11) is 0. The van der Waals surface area contributed by atoms with Crippen LogP contribution in [0.1, 0.15) is 20.8 Å². The van der Waals surface area contributed by atoms with Gasteiger partial charge >= 0.3 is 11.8 Å². The predicted molar refractivity (Wildman–Crippen MR) is 90.4 cm³/mol. The lowest BCUT2D eigenvalue weighted by Crippen LogP contribution is -2.42. The summed E-state index contributed by atoms with van der Waals surface area (Å²) in [5.74, 6) is 0.205. The van der Waals surface area contributed by atoms with Crippen LogP contribution >= 0.6 is 22.6 Å². The summed E-state index contributed by atoms with van der Waals surface area (Å²) >= 11 is 1.91. The third kappa shape index (κ3) is 5.51. The van der Waals surface area contributed by atoms with Gasteiger partial charge in [0.1, 0.15) is 12.4 Å². The van der Waals surface area contributed by atoms with E-state index in [4.69, 9.17) is 9.47 Å². The highest BCUT2D eigenvalue weighted by atomic mass is 127. The molecule has 1 N–H and O–H groups in total. The van der Waals surface area contributed by atoms with Crippen molar-refractivity contribution >= 4 is 34.4 Å². The van der Waals surface area contributed by atoms with E-state index < -0.39 is 16.6 Å². The number of carbonyl (C=O) groups excluding carboxylic acids is 1. The molecule has 0 bridgehead atoms. The Kier molecular flexibility index (Phi) is 6.15. The van der Waals surface area contributed by atoms with Gasteiger partial charge in [-0.1, -0.05) is 12.7 Å². The van der Waals surface area contributed by atoms with Crippen LogP contribution in [0.2, 0.25) is 0 Å². The molecule has 0 unspecified atom stereocenters. The molecule has 0 saturated heterocycles. The highest BCUT2D eigenvalue weighted by Crippen LogP contribution is 2.35. The van der Waals surface area contributed by atoms with Gasteiger partial charge in [-0.25, -0.2) is 4.79 Å². The normalized spacial score (nSPS) is 10.7. The number of hydrogen-bond acceptors (Lipinski definition) is 5. The van der Waals surface area contributed by atoms with E-state index in [2.05, 4.69) is 11.9 Å². The molecule has 22 heavy (non-hydrogen) atoms. The number of rotatable bonds is 5. The number of nitro groups is 1. The summed E-state index contributed by atoms with van der Waals surface area (Å²) in [4.78, 5) is 22.3. The standard InChI is InChI=1S/C14H17IN2O5/c1-5-6-21-11-8-12(10(17(19)20)7-9(11)15)22-13(18)16-14(2,3)4/h5,7-8H,1,6H2,2-4H3,(H,16,18). The van der Waals surface area contributed by atoms with Gasteiger partial charge < -0.3 is 14.8 Å². The number of nitrogens with one attached hydrogen (secondary N) is 1. The van der Waals surface area contributed by atoms with E-state index in [9.17, 15) is 14.9 Å². The van der Waals surface area contributed by atoms with Crippen molar-refractivity contribution in [3.05, 3.63) is 38.5 Å². The molecule has 1 rings (SSSR count). The van der Waals surface area contributed by atoms with Crippen LogP contribution in [-0.2, 0) is 0 Å². The maximum absolute atomic E-state index is 11.8. The largest absolute Gasteiger partial charge is 0.488 e. The average molecular weight is 420 g/mol. The SMILES string of the molecule is C=CCOc1cc(OC(=O)NC(C)(C)C)c([N+](=O)[O-])cc1I. The Morgan fingerprint density at radius 3 is 2.59 bits per heavy atom. The molecule has 1 aromatic rings. The molecule has 1 amide bonds. The van der Waals surface area contributed by atoms with Gasteiger partial charge in [0.25, 0.3) is 0 Å². The lowest BCUT2D eigenvalue weighted by atomic mass is 10.1. The number of amides is 1. The van der Waals surface area contributed by atoms with Gasteiger partial charge in [0.15, 0.2) is 0 Å². The van der Waals surface area contributed by atoms with Crippen LogP contribution in [-0.4, -0.2) is 23.2 Å². The summed E-state index contributed by atoms with van der Waals surface area (Å²) in [6.45, 7) is 9.09. The summed E-state index contributed by atoms with van der Waals surface area (Å²) < 4.78 is 11.0. The summed E-state index contributed by atoms with van der Waals surface area (Å²) in [5.41, 5.74) is -0.823. The predicted octanol–water partition coefficient (Wildman–Crippen LogP) is 3.65. The highest BCUT2D eigenvalue weighted by Gasteiger charge is 2.23. The first-order valence-corrected chi connectivity index (χ1v) is 7.43. The van der Waals surface area contributed by atoms with Gasteiger partial charge in [-0.05, 0) is 43.4 Å². The number of carbonyl (C=O) groups is 1. The first-order valence-electron chi connectivity index (χ1n) is 6.35. The minimum absolute atomic E-state index is 0.175. The maximum atomic E-state index is 11.8. The molecule has 0 aliphatic heterocycles. The van der Waals surface area contributed by atoms with Gasteiger partial charge in [-0.15, -0.1) is 0 Å². The molecular formula is C14H17IN2O5. The second-order valence-electron chi connectivity index (χ2n) is 5.37. The maximum Gasteiger partial charge on any atom is 0.413 e. The lowest BCUT2D eigenvalue weighted by Gasteiger charge is -2.20. The zero-order valence-electron chi connectivity index (χ0n) is 12.5. The van der Waals surface area contributed by atoms with E-state index in [0.29, 0.717) is 9.32 Å². The number of hydrogen-bond donors (Lipinski definition) is 1. The molecule has 1 aromatic carbocycles. The van der Waals surface area contributed by atoms with Crippen molar-refractivity contribution in [1.29, 1.82) is 0 Å². The fourth-order valence-electron chi connectivity index (χ4n) is 1.44. The van der Waals surface area contributed by atoms with Crippen LogP contribution in [0.25, 0.3) is 0 Å². The third-order valence-corrected chi connectivity index (χ3v) is 3.09. The van der Waals surface area contributed by atoms with Crippen LogP contribution in [0.4, 0.5) is 10.5 Å². The average Bonchev–Trinajstić information content (AvgIpc) is 2.36. The van der Waals surface area contributed by atoms with Gasteiger partial charge in [-0.2, -0.15) is 0 Å². The fraction of sp³-hybridized carbons (Fsp3) is 0.357. The van der Waals surface area contributed by atoms with E-state index in [0.717, 1.165) is 0 Å². The van der Waals surface area contributed by atoms with Crippen LogP contribution in [0.15, 0.2) is 24.8 Å². The third-order valence-electron chi connectivity index (χ3n) is 2.25. The van der Waals surface area contributed by atoms with Crippen LogP contribution in [0.3, 0.4) is 0 Å². The molecule has 0 atom stereocenters. The van der Waals surface area contributed by atoms with Crippen LogP contribution in [0, 0.1) is 13.7 Å². The van der Waals surface area contributed by atoms with Gasteiger partial charge in [0, 0.05) is 17.7 Å². The first-order chi connectivity index (χ1) is 10.1. The monoisotopic (exact) mass is 420 g/mol. The van der Waals surface area contributed by atoms with Crippen molar-refractivity contribution in [2.45, 2.75) is 26.3 Å². The van der Waals surface area contributed by atoms with Crippen molar-refractivity contribution in [1.82, 2.24) is 5.32 Å². The van der Waals surface area contributed by atoms with Crippen LogP contribution in [0.5, 0.6) is 11.5 Å². The van der Waals surface area contributed by atoms with Gasteiger partial charge in [-0.3, -0.25) is 10.1 Å². The Bertz CT molecular complexity index is 596. The Morgan fingerprint density at radius 2 is 2.09 bits per heavy atom. The van der Waals surface area contributed by atoms with Crippen molar-refractivity contribution in [2.24, 2.45) is 0 Å². The Labute approximate surface area is 142 Å². The molecule has 0 saturated carbocycles. The van der Waals surface area contributed by atoms with Gasteiger partial charge in [0.05, 0.1) is 8.49 Å². The number of ether oxygens (including phenoxy) is 2. The lowest BCUT2D eigenvalue weighted by molar-refractivity contribution is -0.385. The van der Waals surface area contributed by atoms with Gasteiger partial charge in [0.2, 0.25) is 5.75 Å². The van der Waals surface area contributed by atoms with E-state index in [-0.39, 0.29) is 18.0 Å². The van der Waals surface area contributed by atoms with Crippen LogP contribution < -0.4 is 14.8 Å². The molecule has 8 heteroatoms. The van der Waals surface area contributed by atoms with E-state index >= 15 is 0 Å². The molecule has 0 aliphatic carbocycles.